The largest absolute Gasteiger partial charge is 0.469 e. The van der Waals surface area contributed by atoms with Gasteiger partial charge in [-0.3, -0.25) is 9.59 Å². The average molecular weight is 305 g/mol. The predicted molar refractivity (Wildman–Crippen MR) is 74.2 cm³/mol. The van der Waals surface area contributed by atoms with E-state index >= 15 is 0 Å². The van der Waals surface area contributed by atoms with Crippen LogP contribution in [0.1, 0.15) is 17.6 Å². The van der Waals surface area contributed by atoms with Crippen LogP contribution < -0.4 is 0 Å². The van der Waals surface area contributed by atoms with Crippen LogP contribution in [-0.4, -0.2) is 42.5 Å². The molecule has 7 heteroatoms. The molecule has 0 spiro atoms. The number of nitrogens with zero attached hydrogens (tertiary/aromatic N) is 2. The Morgan fingerprint density at radius 3 is 2.79 bits per heavy atom. The second-order valence-corrected chi connectivity index (χ2v) is 5.45. The number of hydrogen-bond donors (Lipinski definition) is 0. The van der Waals surface area contributed by atoms with Gasteiger partial charge in [-0.1, -0.05) is 6.92 Å². The molecule has 0 aromatic carbocycles. The zero-order valence-electron chi connectivity index (χ0n) is 11.2. The molecular weight excluding hydrogens is 288 g/mol. The molecule has 0 saturated heterocycles. The average Bonchev–Trinajstić information content (AvgIpc) is 2.85. The van der Waals surface area contributed by atoms with Crippen LogP contribution in [0.2, 0.25) is 0 Å². The van der Waals surface area contributed by atoms with Crippen molar-refractivity contribution in [2.45, 2.75) is 19.2 Å². The Hall–Kier alpha value is -1.14. The van der Waals surface area contributed by atoms with Gasteiger partial charge in [0.05, 0.1) is 31.0 Å². The molecule has 1 aromatic rings. The summed E-state index contributed by atoms with van der Waals surface area (Å²) in [5.74, 6) is -0.391. The van der Waals surface area contributed by atoms with E-state index in [9.17, 15) is 9.59 Å². The number of aromatic nitrogens is 1. The quantitative estimate of drug-likeness (QED) is 0.593. The maximum Gasteiger partial charge on any atom is 0.310 e. The van der Waals surface area contributed by atoms with Gasteiger partial charge in [-0.15, -0.1) is 22.9 Å². The Balaban J connectivity index is 2.50. The summed E-state index contributed by atoms with van der Waals surface area (Å²) >= 11 is 7.07. The highest BCUT2D eigenvalue weighted by atomic mass is 35.5. The summed E-state index contributed by atoms with van der Waals surface area (Å²) in [5.41, 5.74) is 0.778. The first kappa shape index (κ1) is 15.9. The summed E-state index contributed by atoms with van der Waals surface area (Å²) in [4.78, 5) is 29.0. The van der Waals surface area contributed by atoms with Crippen LogP contribution in [0.25, 0.3) is 0 Å². The fourth-order valence-electron chi connectivity index (χ4n) is 1.54. The van der Waals surface area contributed by atoms with Crippen molar-refractivity contribution in [1.29, 1.82) is 0 Å². The van der Waals surface area contributed by atoms with Gasteiger partial charge in [-0.25, -0.2) is 4.98 Å². The number of likely N-dealkylation sites (N-methyl/N-ethyl adjacent to an activating group) is 1. The summed E-state index contributed by atoms with van der Waals surface area (Å²) in [5, 5.41) is 2.57. The van der Waals surface area contributed by atoms with Crippen molar-refractivity contribution < 1.29 is 14.3 Å². The molecule has 0 aliphatic heterocycles. The third kappa shape index (κ3) is 4.80. The van der Waals surface area contributed by atoms with Crippen molar-refractivity contribution in [2.24, 2.45) is 5.92 Å². The number of thiazole rings is 1. The first-order valence-electron chi connectivity index (χ1n) is 5.79. The van der Waals surface area contributed by atoms with Gasteiger partial charge in [-0.05, 0) is 0 Å². The molecule has 19 heavy (non-hydrogen) atoms. The molecule has 0 N–H and O–H groups in total. The zero-order chi connectivity index (χ0) is 14.4. The molecule has 1 rings (SSSR count). The first-order valence-corrected chi connectivity index (χ1v) is 7.20. The van der Waals surface area contributed by atoms with E-state index in [4.69, 9.17) is 11.6 Å². The predicted octanol–water partition coefficient (Wildman–Crippen LogP) is 1.69. The van der Waals surface area contributed by atoms with Gasteiger partial charge in [0, 0.05) is 19.0 Å². The van der Waals surface area contributed by atoms with E-state index in [0.717, 1.165) is 10.7 Å². The molecule has 1 amide bonds. The molecule has 0 aliphatic rings. The Labute approximate surface area is 121 Å². The van der Waals surface area contributed by atoms with E-state index in [1.54, 1.807) is 14.0 Å². The Morgan fingerprint density at radius 1 is 1.58 bits per heavy atom. The number of methoxy groups -OCH3 is 1. The first-order chi connectivity index (χ1) is 8.97. The summed E-state index contributed by atoms with van der Waals surface area (Å²) in [6.07, 6.45) is 0.228. The zero-order valence-corrected chi connectivity index (χ0v) is 12.8. The molecule has 0 fully saturated rings. The van der Waals surface area contributed by atoms with Crippen molar-refractivity contribution in [1.82, 2.24) is 9.88 Å². The number of carbonyl (C=O) groups is 2. The Bertz CT molecular complexity index is 450. The second kappa shape index (κ2) is 7.45. The summed E-state index contributed by atoms with van der Waals surface area (Å²) < 4.78 is 4.63. The number of rotatable bonds is 6. The van der Waals surface area contributed by atoms with Gasteiger partial charge >= 0.3 is 5.97 Å². The van der Waals surface area contributed by atoms with Crippen LogP contribution >= 0.6 is 22.9 Å². The number of esters is 1. The number of ether oxygens (including phenoxy) is 1. The van der Waals surface area contributed by atoms with Gasteiger partial charge in [0.1, 0.15) is 5.01 Å². The number of alkyl halides is 1. The molecule has 106 valence electrons. The number of amides is 1. The minimum Gasteiger partial charge on any atom is -0.469 e. The van der Waals surface area contributed by atoms with Gasteiger partial charge in [0.2, 0.25) is 5.91 Å². The fourth-order valence-corrected chi connectivity index (χ4v) is 2.56. The highest BCUT2D eigenvalue weighted by molar-refractivity contribution is 7.09. The van der Waals surface area contributed by atoms with E-state index < -0.39 is 0 Å². The van der Waals surface area contributed by atoms with Gasteiger partial charge < -0.3 is 9.64 Å². The normalized spacial score (nSPS) is 12.0. The second-order valence-electron chi connectivity index (χ2n) is 4.24. The molecule has 0 saturated carbocycles. The van der Waals surface area contributed by atoms with Crippen LogP contribution in [0, 0.1) is 5.92 Å². The summed E-state index contributed by atoms with van der Waals surface area (Å²) in [6, 6.07) is 0. The van der Waals surface area contributed by atoms with E-state index in [1.807, 2.05) is 5.38 Å². The molecule has 1 aromatic heterocycles. The molecule has 0 aliphatic carbocycles. The third-order valence-electron chi connectivity index (χ3n) is 2.62. The molecular formula is C12H17ClN2O3S. The van der Waals surface area contributed by atoms with Crippen LogP contribution in [0.15, 0.2) is 5.38 Å². The summed E-state index contributed by atoms with van der Waals surface area (Å²) in [6.45, 7) is 2.06. The Morgan fingerprint density at radius 2 is 2.26 bits per heavy atom. The standard InChI is InChI=1S/C12H17ClN2O3S/c1-8(12(17)18-3)6-15(2)11(16)4-10-14-9(5-13)7-19-10/h7-8H,4-6H2,1-3H3. The Kier molecular flexibility index (Phi) is 6.24. The smallest absolute Gasteiger partial charge is 0.310 e. The monoisotopic (exact) mass is 304 g/mol. The van der Waals surface area contributed by atoms with Crippen LogP contribution in [0.3, 0.4) is 0 Å². The highest BCUT2D eigenvalue weighted by Gasteiger charge is 2.19. The fraction of sp³-hybridized carbons (Fsp3) is 0.583. The van der Waals surface area contributed by atoms with E-state index in [-0.39, 0.29) is 24.2 Å². The lowest BCUT2D eigenvalue weighted by molar-refractivity contribution is -0.146. The molecule has 1 atom stereocenters. The number of carbonyl (C=O) groups excluding carboxylic acids is 2. The SMILES string of the molecule is COC(=O)C(C)CN(C)C(=O)Cc1nc(CCl)cs1. The molecule has 5 nitrogen and oxygen atoms in total. The highest BCUT2D eigenvalue weighted by Crippen LogP contribution is 2.13. The van der Waals surface area contributed by atoms with Gasteiger partial charge in [0.15, 0.2) is 0 Å². The maximum absolute atomic E-state index is 12.0. The molecule has 1 heterocycles. The topological polar surface area (TPSA) is 59.5 Å². The van der Waals surface area contributed by atoms with Crippen molar-refractivity contribution in [3.8, 4) is 0 Å². The van der Waals surface area contributed by atoms with E-state index in [0.29, 0.717) is 12.4 Å². The maximum atomic E-state index is 12.0. The third-order valence-corrected chi connectivity index (χ3v) is 3.79. The van der Waals surface area contributed by atoms with Crippen molar-refractivity contribution in [2.75, 3.05) is 20.7 Å². The van der Waals surface area contributed by atoms with Crippen LogP contribution in [0.4, 0.5) is 0 Å². The molecule has 1 unspecified atom stereocenters. The summed E-state index contributed by atoms with van der Waals surface area (Å²) in [7, 11) is 3.00. The minimum absolute atomic E-state index is 0.0776. The number of hydrogen-bond acceptors (Lipinski definition) is 5. The van der Waals surface area contributed by atoms with Crippen LogP contribution in [0.5, 0.6) is 0 Å². The van der Waals surface area contributed by atoms with Crippen molar-refractivity contribution in [3.63, 3.8) is 0 Å². The van der Waals surface area contributed by atoms with Crippen molar-refractivity contribution >= 4 is 34.8 Å². The van der Waals surface area contributed by atoms with Gasteiger partial charge in [0.25, 0.3) is 0 Å². The van der Waals surface area contributed by atoms with Crippen LogP contribution in [-0.2, 0) is 26.6 Å². The molecule has 0 radical (unpaired) electrons. The van der Waals surface area contributed by atoms with E-state index in [2.05, 4.69) is 9.72 Å². The molecule has 0 bridgehead atoms. The number of halogens is 1. The van der Waals surface area contributed by atoms with Gasteiger partial charge in [-0.2, -0.15) is 0 Å². The minimum atomic E-state index is -0.339. The lowest BCUT2D eigenvalue weighted by Crippen LogP contribution is -2.35. The van der Waals surface area contributed by atoms with E-state index in [1.165, 1.54) is 23.3 Å². The lowest BCUT2D eigenvalue weighted by atomic mass is 10.1. The van der Waals surface area contributed by atoms with Crippen molar-refractivity contribution in [3.05, 3.63) is 16.1 Å². The lowest BCUT2D eigenvalue weighted by Gasteiger charge is -2.19.